The van der Waals surface area contributed by atoms with E-state index in [1.54, 1.807) is 23.2 Å². The molecule has 1 N–H and O–H groups in total. The molecule has 0 aliphatic carbocycles. The van der Waals surface area contributed by atoms with E-state index in [4.69, 9.17) is 9.57 Å². The van der Waals surface area contributed by atoms with Crippen LogP contribution in [0, 0.1) is 0 Å². The standard InChI is InChI=1S/C16H19N3O3/c1-19(2)15-14(9-6-10-17-15)16(20)18-22-12-11-21-13-7-4-3-5-8-13/h3-10H,11-12H2,1-2H3,(H,18,20). The maximum absolute atomic E-state index is 12.1. The first kappa shape index (κ1) is 15.8. The van der Waals surface area contributed by atoms with Gasteiger partial charge in [0.2, 0.25) is 0 Å². The summed E-state index contributed by atoms with van der Waals surface area (Å²) in [4.78, 5) is 23.1. The van der Waals surface area contributed by atoms with Crippen LogP contribution in [0.15, 0.2) is 48.7 Å². The summed E-state index contributed by atoms with van der Waals surface area (Å²) < 4.78 is 5.46. The molecule has 0 saturated heterocycles. The molecular weight excluding hydrogens is 282 g/mol. The van der Waals surface area contributed by atoms with Crippen molar-refractivity contribution in [3.63, 3.8) is 0 Å². The molecule has 0 radical (unpaired) electrons. The van der Waals surface area contributed by atoms with Crippen LogP contribution in [0.25, 0.3) is 0 Å². The number of nitrogens with zero attached hydrogens (tertiary/aromatic N) is 2. The van der Waals surface area contributed by atoms with Gasteiger partial charge in [-0.15, -0.1) is 0 Å². The van der Waals surface area contributed by atoms with Gasteiger partial charge in [-0.2, -0.15) is 0 Å². The van der Waals surface area contributed by atoms with Crippen LogP contribution in [0.5, 0.6) is 5.75 Å². The fraction of sp³-hybridized carbons (Fsp3) is 0.250. The lowest BCUT2D eigenvalue weighted by atomic mass is 10.2. The number of hydrogen-bond acceptors (Lipinski definition) is 5. The van der Waals surface area contributed by atoms with E-state index in [1.807, 2.05) is 44.4 Å². The number of aromatic nitrogens is 1. The molecule has 0 aliphatic heterocycles. The minimum Gasteiger partial charge on any atom is -0.491 e. The predicted molar refractivity (Wildman–Crippen MR) is 83.9 cm³/mol. The van der Waals surface area contributed by atoms with Crippen molar-refractivity contribution >= 4 is 11.7 Å². The van der Waals surface area contributed by atoms with Crippen molar-refractivity contribution in [3.05, 3.63) is 54.2 Å². The number of hydroxylamine groups is 1. The van der Waals surface area contributed by atoms with Crippen LogP contribution < -0.4 is 15.1 Å². The molecule has 1 aromatic carbocycles. The first-order valence-corrected chi connectivity index (χ1v) is 6.91. The maximum atomic E-state index is 12.1. The van der Waals surface area contributed by atoms with Gasteiger partial charge in [-0.25, -0.2) is 10.5 Å². The summed E-state index contributed by atoms with van der Waals surface area (Å²) in [5, 5.41) is 0. The van der Waals surface area contributed by atoms with Crippen LogP contribution >= 0.6 is 0 Å². The monoisotopic (exact) mass is 301 g/mol. The van der Waals surface area contributed by atoms with Gasteiger partial charge in [0.05, 0.1) is 5.56 Å². The molecule has 116 valence electrons. The maximum Gasteiger partial charge on any atom is 0.278 e. The lowest BCUT2D eigenvalue weighted by Gasteiger charge is -2.15. The van der Waals surface area contributed by atoms with Gasteiger partial charge in [0.25, 0.3) is 5.91 Å². The SMILES string of the molecule is CN(C)c1ncccc1C(=O)NOCCOc1ccccc1. The fourth-order valence-electron chi connectivity index (χ4n) is 1.82. The Morgan fingerprint density at radius 3 is 2.64 bits per heavy atom. The zero-order valence-electron chi connectivity index (χ0n) is 12.7. The lowest BCUT2D eigenvalue weighted by molar-refractivity contribution is 0.0200. The first-order chi connectivity index (χ1) is 10.7. The van der Waals surface area contributed by atoms with E-state index < -0.39 is 0 Å². The third-order valence-electron chi connectivity index (χ3n) is 2.82. The van der Waals surface area contributed by atoms with Gasteiger partial charge in [-0.3, -0.25) is 9.63 Å². The summed E-state index contributed by atoms with van der Waals surface area (Å²) in [5.74, 6) is 1.01. The number of benzene rings is 1. The number of amides is 1. The number of pyridine rings is 1. The molecule has 0 saturated carbocycles. The molecule has 0 bridgehead atoms. The number of para-hydroxylation sites is 1. The molecule has 1 heterocycles. The van der Waals surface area contributed by atoms with E-state index in [0.29, 0.717) is 18.0 Å². The summed E-state index contributed by atoms with van der Waals surface area (Å²) in [5.41, 5.74) is 2.85. The van der Waals surface area contributed by atoms with Crippen LogP contribution in [0.2, 0.25) is 0 Å². The Labute approximate surface area is 129 Å². The molecule has 1 aromatic heterocycles. The molecule has 2 rings (SSSR count). The summed E-state index contributed by atoms with van der Waals surface area (Å²) in [6, 6.07) is 12.8. The third kappa shape index (κ3) is 4.46. The van der Waals surface area contributed by atoms with E-state index in [1.165, 1.54) is 0 Å². The number of anilines is 1. The van der Waals surface area contributed by atoms with E-state index in [2.05, 4.69) is 10.5 Å². The van der Waals surface area contributed by atoms with E-state index in [0.717, 1.165) is 5.75 Å². The summed E-state index contributed by atoms with van der Waals surface area (Å²) in [7, 11) is 3.65. The Bertz CT molecular complexity index is 603. The highest BCUT2D eigenvalue weighted by molar-refractivity contribution is 5.98. The van der Waals surface area contributed by atoms with Gasteiger partial charge < -0.3 is 9.64 Å². The Balaban J connectivity index is 1.76. The zero-order chi connectivity index (χ0) is 15.8. The van der Waals surface area contributed by atoms with Gasteiger partial charge in [0.15, 0.2) is 0 Å². The van der Waals surface area contributed by atoms with Crippen molar-refractivity contribution < 1.29 is 14.4 Å². The molecule has 1 amide bonds. The van der Waals surface area contributed by atoms with Crippen molar-refractivity contribution in [1.29, 1.82) is 0 Å². The van der Waals surface area contributed by atoms with E-state index in [-0.39, 0.29) is 12.5 Å². The van der Waals surface area contributed by atoms with Crippen LogP contribution in [0.3, 0.4) is 0 Å². The van der Waals surface area contributed by atoms with Crippen LogP contribution in [-0.4, -0.2) is 38.2 Å². The zero-order valence-corrected chi connectivity index (χ0v) is 12.7. The molecule has 0 unspecified atom stereocenters. The van der Waals surface area contributed by atoms with Crippen molar-refractivity contribution in [1.82, 2.24) is 10.5 Å². The molecule has 6 nitrogen and oxygen atoms in total. The second kappa shape index (κ2) is 7.99. The number of ether oxygens (including phenoxy) is 1. The molecule has 2 aromatic rings. The summed E-state index contributed by atoms with van der Waals surface area (Å²) in [6.45, 7) is 0.593. The molecular formula is C16H19N3O3. The molecule has 0 spiro atoms. The predicted octanol–water partition coefficient (Wildman–Crippen LogP) is 1.89. The average Bonchev–Trinajstić information content (AvgIpc) is 2.55. The number of carbonyl (C=O) groups is 1. The first-order valence-electron chi connectivity index (χ1n) is 6.91. The van der Waals surface area contributed by atoms with Crippen LogP contribution in [-0.2, 0) is 4.84 Å². The highest BCUT2D eigenvalue weighted by Gasteiger charge is 2.13. The molecule has 0 aliphatic rings. The molecule has 6 heteroatoms. The van der Waals surface area contributed by atoms with Crippen molar-refractivity contribution in [3.8, 4) is 5.75 Å². The largest absolute Gasteiger partial charge is 0.491 e. The fourth-order valence-corrected chi connectivity index (χ4v) is 1.82. The second-order valence-electron chi connectivity index (χ2n) is 4.71. The average molecular weight is 301 g/mol. The van der Waals surface area contributed by atoms with E-state index >= 15 is 0 Å². The molecule has 0 atom stereocenters. The molecule has 0 fully saturated rings. The molecule has 22 heavy (non-hydrogen) atoms. The number of nitrogens with one attached hydrogen (secondary N) is 1. The number of rotatable bonds is 7. The Hall–Kier alpha value is -2.60. The van der Waals surface area contributed by atoms with Crippen LogP contribution in [0.1, 0.15) is 10.4 Å². The van der Waals surface area contributed by atoms with Crippen molar-refractivity contribution in [2.75, 3.05) is 32.2 Å². The minimum absolute atomic E-state index is 0.248. The van der Waals surface area contributed by atoms with E-state index in [9.17, 15) is 4.79 Å². The van der Waals surface area contributed by atoms with Gasteiger partial charge in [-0.1, -0.05) is 18.2 Å². The van der Waals surface area contributed by atoms with Crippen LogP contribution in [0.4, 0.5) is 5.82 Å². The van der Waals surface area contributed by atoms with Crippen molar-refractivity contribution in [2.45, 2.75) is 0 Å². The van der Waals surface area contributed by atoms with Gasteiger partial charge in [0, 0.05) is 20.3 Å². The summed E-state index contributed by atoms with van der Waals surface area (Å²) in [6.07, 6.45) is 1.64. The van der Waals surface area contributed by atoms with Gasteiger partial charge >= 0.3 is 0 Å². The van der Waals surface area contributed by atoms with Gasteiger partial charge in [0.1, 0.15) is 24.8 Å². The lowest BCUT2D eigenvalue weighted by Crippen LogP contribution is -2.28. The second-order valence-corrected chi connectivity index (χ2v) is 4.71. The highest BCUT2D eigenvalue weighted by Crippen LogP contribution is 2.13. The Morgan fingerprint density at radius 2 is 1.91 bits per heavy atom. The quantitative estimate of drug-likeness (QED) is 0.625. The van der Waals surface area contributed by atoms with Crippen molar-refractivity contribution in [2.24, 2.45) is 0 Å². The normalized spacial score (nSPS) is 10.1. The minimum atomic E-state index is -0.337. The Kier molecular flexibility index (Phi) is 5.73. The smallest absolute Gasteiger partial charge is 0.278 e. The topological polar surface area (TPSA) is 63.7 Å². The summed E-state index contributed by atoms with van der Waals surface area (Å²) >= 11 is 0. The van der Waals surface area contributed by atoms with Gasteiger partial charge in [-0.05, 0) is 24.3 Å². The number of carbonyl (C=O) groups excluding carboxylic acids is 1. The third-order valence-corrected chi connectivity index (χ3v) is 2.82. The Morgan fingerprint density at radius 1 is 1.14 bits per heavy atom. The highest BCUT2D eigenvalue weighted by atomic mass is 16.7. The number of hydrogen-bond donors (Lipinski definition) is 1.